The van der Waals surface area contributed by atoms with Crippen molar-refractivity contribution in [1.82, 2.24) is 15.1 Å². The van der Waals surface area contributed by atoms with Crippen LogP contribution in [0.2, 0.25) is 0 Å². The van der Waals surface area contributed by atoms with Gasteiger partial charge in [-0.15, -0.1) is 0 Å². The van der Waals surface area contributed by atoms with E-state index < -0.39 is 0 Å². The van der Waals surface area contributed by atoms with Crippen molar-refractivity contribution in [3.63, 3.8) is 0 Å². The summed E-state index contributed by atoms with van der Waals surface area (Å²) in [5, 5.41) is 7.46. The standard InChI is InChI=1S/C15H21N3O2/c1-18-11-13(9-17-18)12-20-15-6-4-3-5-14(15)10-16-7-8-19-2/h3-6,9,11,16H,7-8,10,12H2,1-2H3. The van der Waals surface area contributed by atoms with Crippen molar-refractivity contribution >= 4 is 0 Å². The Labute approximate surface area is 119 Å². The molecule has 0 bridgehead atoms. The topological polar surface area (TPSA) is 48.3 Å². The van der Waals surface area contributed by atoms with Crippen molar-refractivity contribution in [2.75, 3.05) is 20.3 Å². The number of aromatic nitrogens is 2. The van der Waals surface area contributed by atoms with Gasteiger partial charge in [-0.05, 0) is 6.07 Å². The average Bonchev–Trinajstić information content (AvgIpc) is 2.88. The lowest BCUT2D eigenvalue weighted by Gasteiger charge is -2.11. The van der Waals surface area contributed by atoms with Gasteiger partial charge in [0.1, 0.15) is 12.4 Å². The van der Waals surface area contributed by atoms with Crippen molar-refractivity contribution in [1.29, 1.82) is 0 Å². The van der Waals surface area contributed by atoms with E-state index in [0.717, 1.165) is 30.0 Å². The Hall–Kier alpha value is -1.85. The third-order valence-corrected chi connectivity index (χ3v) is 2.92. The summed E-state index contributed by atoms with van der Waals surface area (Å²) in [6.07, 6.45) is 3.78. The summed E-state index contributed by atoms with van der Waals surface area (Å²) in [5.41, 5.74) is 2.21. The van der Waals surface area contributed by atoms with Crippen LogP contribution in [0.5, 0.6) is 5.75 Å². The lowest BCUT2D eigenvalue weighted by molar-refractivity contribution is 0.199. The minimum absolute atomic E-state index is 0.531. The number of rotatable bonds is 8. The van der Waals surface area contributed by atoms with Crippen LogP contribution in [0.3, 0.4) is 0 Å². The van der Waals surface area contributed by atoms with E-state index in [-0.39, 0.29) is 0 Å². The minimum atomic E-state index is 0.531. The first-order valence-corrected chi connectivity index (χ1v) is 6.67. The lowest BCUT2D eigenvalue weighted by Crippen LogP contribution is -2.19. The van der Waals surface area contributed by atoms with E-state index in [4.69, 9.17) is 9.47 Å². The number of aryl methyl sites for hydroxylation is 1. The third-order valence-electron chi connectivity index (χ3n) is 2.92. The molecule has 1 N–H and O–H groups in total. The second-order valence-electron chi connectivity index (χ2n) is 4.59. The average molecular weight is 275 g/mol. The van der Waals surface area contributed by atoms with Gasteiger partial charge in [0.25, 0.3) is 0 Å². The Bertz CT molecular complexity index is 525. The molecule has 108 valence electrons. The third kappa shape index (κ3) is 4.36. The molecule has 2 rings (SSSR count). The van der Waals surface area contributed by atoms with Crippen molar-refractivity contribution in [2.24, 2.45) is 7.05 Å². The van der Waals surface area contributed by atoms with E-state index in [9.17, 15) is 0 Å². The summed E-state index contributed by atoms with van der Waals surface area (Å²) in [4.78, 5) is 0. The van der Waals surface area contributed by atoms with Crippen molar-refractivity contribution < 1.29 is 9.47 Å². The van der Waals surface area contributed by atoms with Crippen molar-refractivity contribution in [3.05, 3.63) is 47.8 Å². The Kier molecular flexibility index (Phi) is 5.58. The maximum absolute atomic E-state index is 5.87. The fraction of sp³-hybridized carbons (Fsp3) is 0.400. The zero-order valence-corrected chi connectivity index (χ0v) is 12.0. The molecule has 0 saturated heterocycles. The van der Waals surface area contributed by atoms with Gasteiger partial charge in [0.15, 0.2) is 0 Å². The fourth-order valence-corrected chi connectivity index (χ4v) is 1.90. The molecule has 1 aromatic carbocycles. The van der Waals surface area contributed by atoms with Crippen LogP contribution in [0.4, 0.5) is 0 Å². The SMILES string of the molecule is COCCNCc1ccccc1OCc1cnn(C)c1. The Morgan fingerprint density at radius 3 is 2.90 bits per heavy atom. The quantitative estimate of drug-likeness (QED) is 0.745. The van der Waals surface area contributed by atoms with Gasteiger partial charge in [-0.1, -0.05) is 18.2 Å². The first kappa shape index (κ1) is 14.6. The first-order valence-electron chi connectivity index (χ1n) is 6.67. The summed E-state index contributed by atoms with van der Waals surface area (Å²) in [5.74, 6) is 0.904. The fourth-order valence-electron chi connectivity index (χ4n) is 1.90. The number of para-hydroxylation sites is 1. The van der Waals surface area contributed by atoms with Gasteiger partial charge in [0.2, 0.25) is 0 Å². The van der Waals surface area contributed by atoms with Gasteiger partial charge in [-0.25, -0.2) is 0 Å². The summed E-state index contributed by atoms with van der Waals surface area (Å²) in [7, 11) is 3.60. The Morgan fingerprint density at radius 2 is 2.15 bits per heavy atom. The molecule has 0 unspecified atom stereocenters. The number of nitrogens with zero attached hydrogens (tertiary/aromatic N) is 2. The van der Waals surface area contributed by atoms with Crippen LogP contribution in [0.15, 0.2) is 36.7 Å². The molecule has 20 heavy (non-hydrogen) atoms. The first-order chi connectivity index (χ1) is 9.79. The minimum Gasteiger partial charge on any atom is -0.488 e. The van der Waals surface area contributed by atoms with Crippen LogP contribution >= 0.6 is 0 Å². The van der Waals surface area contributed by atoms with E-state index in [2.05, 4.69) is 16.5 Å². The van der Waals surface area contributed by atoms with Crippen LogP contribution in [-0.2, 0) is 24.9 Å². The van der Waals surface area contributed by atoms with E-state index in [1.54, 1.807) is 11.8 Å². The highest BCUT2D eigenvalue weighted by Crippen LogP contribution is 2.19. The van der Waals surface area contributed by atoms with Crippen LogP contribution in [0.1, 0.15) is 11.1 Å². The molecule has 1 aromatic heterocycles. The lowest BCUT2D eigenvalue weighted by atomic mass is 10.2. The molecule has 0 radical (unpaired) electrons. The highest BCUT2D eigenvalue weighted by molar-refractivity contribution is 5.33. The summed E-state index contributed by atoms with van der Waals surface area (Å²) >= 11 is 0. The van der Waals surface area contributed by atoms with Crippen LogP contribution in [-0.4, -0.2) is 30.0 Å². The monoisotopic (exact) mass is 275 g/mol. The largest absolute Gasteiger partial charge is 0.488 e. The van der Waals surface area contributed by atoms with Crippen LogP contribution < -0.4 is 10.1 Å². The molecule has 0 amide bonds. The van der Waals surface area contributed by atoms with Gasteiger partial charge in [-0.3, -0.25) is 4.68 Å². The Balaban J connectivity index is 1.90. The zero-order valence-electron chi connectivity index (χ0n) is 12.0. The molecule has 5 nitrogen and oxygen atoms in total. The number of ether oxygens (including phenoxy) is 2. The molecule has 0 aliphatic rings. The van der Waals surface area contributed by atoms with Gasteiger partial charge in [-0.2, -0.15) is 5.10 Å². The van der Waals surface area contributed by atoms with Crippen LogP contribution in [0, 0.1) is 0 Å². The number of benzene rings is 1. The number of nitrogens with one attached hydrogen (secondary N) is 1. The summed E-state index contributed by atoms with van der Waals surface area (Å²) < 4.78 is 12.7. The van der Waals surface area contributed by atoms with Gasteiger partial charge in [0, 0.05) is 44.6 Å². The molecular formula is C15H21N3O2. The van der Waals surface area contributed by atoms with E-state index in [1.807, 2.05) is 37.6 Å². The summed E-state index contributed by atoms with van der Waals surface area (Å²) in [6, 6.07) is 8.06. The normalized spacial score (nSPS) is 10.7. The molecule has 5 heteroatoms. The maximum Gasteiger partial charge on any atom is 0.124 e. The maximum atomic E-state index is 5.87. The second-order valence-corrected chi connectivity index (χ2v) is 4.59. The molecule has 0 saturated carbocycles. The second kappa shape index (κ2) is 7.67. The van der Waals surface area contributed by atoms with E-state index >= 15 is 0 Å². The van der Waals surface area contributed by atoms with Gasteiger partial charge >= 0.3 is 0 Å². The number of hydrogen-bond acceptors (Lipinski definition) is 4. The van der Waals surface area contributed by atoms with Gasteiger partial charge < -0.3 is 14.8 Å². The highest BCUT2D eigenvalue weighted by atomic mass is 16.5. The van der Waals surface area contributed by atoms with E-state index in [0.29, 0.717) is 13.2 Å². The molecule has 0 fully saturated rings. The molecular weight excluding hydrogens is 254 g/mol. The smallest absolute Gasteiger partial charge is 0.124 e. The predicted octanol–water partition coefficient (Wildman–Crippen LogP) is 1.74. The molecule has 0 spiro atoms. The molecule has 1 heterocycles. The molecule has 0 atom stereocenters. The highest BCUT2D eigenvalue weighted by Gasteiger charge is 2.04. The summed E-state index contributed by atoms with van der Waals surface area (Å²) in [6.45, 7) is 2.83. The van der Waals surface area contributed by atoms with Crippen molar-refractivity contribution in [3.8, 4) is 5.75 Å². The number of hydrogen-bond donors (Lipinski definition) is 1. The van der Waals surface area contributed by atoms with Crippen molar-refractivity contribution in [2.45, 2.75) is 13.2 Å². The van der Waals surface area contributed by atoms with E-state index in [1.165, 1.54) is 0 Å². The predicted molar refractivity (Wildman–Crippen MR) is 77.6 cm³/mol. The molecule has 0 aliphatic heterocycles. The number of methoxy groups -OCH3 is 1. The van der Waals surface area contributed by atoms with Gasteiger partial charge in [0.05, 0.1) is 12.8 Å². The van der Waals surface area contributed by atoms with Crippen LogP contribution in [0.25, 0.3) is 0 Å². The Morgan fingerprint density at radius 1 is 1.30 bits per heavy atom. The molecule has 0 aliphatic carbocycles. The molecule has 2 aromatic rings. The zero-order chi connectivity index (χ0) is 14.2.